The molecule has 0 N–H and O–H groups in total. The highest BCUT2D eigenvalue weighted by Crippen LogP contribution is 2.29. The fourth-order valence-corrected chi connectivity index (χ4v) is 5.28. The second-order valence-electron chi connectivity index (χ2n) is 10.0. The Morgan fingerprint density at radius 1 is 0.949 bits per heavy atom. The van der Waals surface area contributed by atoms with Gasteiger partial charge in [-0.15, -0.1) is 0 Å². The number of methoxy groups -OCH3 is 1. The summed E-state index contributed by atoms with van der Waals surface area (Å²) in [4.78, 5) is 33.2. The van der Waals surface area contributed by atoms with Crippen LogP contribution in [0.4, 0.5) is 5.69 Å². The summed E-state index contributed by atoms with van der Waals surface area (Å²) in [5, 5.41) is 0.430. The third-order valence-electron chi connectivity index (χ3n) is 7.52. The lowest BCUT2D eigenvalue weighted by Crippen LogP contribution is -2.47. The zero-order valence-corrected chi connectivity index (χ0v) is 22.9. The molecule has 202 valence electrons. The lowest BCUT2D eigenvalue weighted by molar-refractivity contribution is 0.0789. The normalized spacial score (nSPS) is 14.0. The summed E-state index contributed by atoms with van der Waals surface area (Å²) >= 11 is 0. The third-order valence-corrected chi connectivity index (χ3v) is 7.52. The van der Waals surface area contributed by atoms with E-state index in [-0.39, 0.29) is 11.3 Å². The van der Waals surface area contributed by atoms with Gasteiger partial charge in [-0.25, -0.2) is 0 Å². The molecule has 0 atom stereocenters. The van der Waals surface area contributed by atoms with Crippen LogP contribution in [-0.4, -0.2) is 69.1 Å². The number of carbonyl (C=O) groups is 1. The molecular weight excluding hydrogens is 490 g/mol. The molecule has 1 fully saturated rings. The Kier molecular flexibility index (Phi) is 7.98. The van der Waals surface area contributed by atoms with Crippen molar-refractivity contribution < 1.29 is 13.9 Å². The first-order valence-electron chi connectivity index (χ1n) is 13.5. The monoisotopic (exact) mass is 525 g/mol. The Balaban J connectivity index is 1.23. The fourth-order valence-electron chi connectivity index (χ4n) is 5.28. The van der Waals surface area contributed by atoms with E-state index in [0.29, 0.717) is 34.4 Å². The lowest BCUT2D eigenvalue weighted by atomic mass is 10.0. The molecule has 7 nitrogen and oxygen atoms in total. The maximum atomic E-state index is 13.5. The molecule has 7 heteroatoms. The van der Waals surface area contributed by atoms with Crippen molar-refractivity contribution in [1.82, 2.24) is 9.80 Å². The number of nitrogens with zero attached hydrogens (tertiary/aromatic N) is 3. The molecule has 0 bridgehead atoms. The molecule has 2 heterocycles. The van der Waals surface area contributed by atoms with E-state index in [1.54, 1.807) is 37.1 Å². The molecule has 4 aromatic rings. The van der Waals surface area contributed by atoms with E-state index < -0.39 is 0 Å². The molecule has 39 heavy (non-hydrogen) atoms. The summed E-state index contributed by atoms with van der Waals surface area (Å²) in [5.74, 6) is 1.26. The van der Waals surface area contributed by atoms with Gasteiger partial charge in [0, 0.05) is 50.9 Å². The molecule has 1 aliphatic rings. The Bertz CT molecular complexity index is 1510. The van der Waals surface area contributed by atoms with Crippen LogP contribution in [0.2, 0.25) is 0 Å². The van der Waals surface area contributed by atoms with E-state index in [2.05, 4.69) is 15.9 Å². The first-order valence-corrected chi connectivity index (χ1v) is 13.5. The first-order chi connectivity index (χ1) is 19.0. The van der Waals surface area contributed by atoms with Gasteiger partial charge >= 0.3 is 0 Å². The molecule has 0 aliphatic carbocycles. The van der Waals surface area contributed by atoms with Crippen molar-refractivity contribution >= 4 is 22.6 Å². The number of hydrogen-bond acceptors (Lipinski definition) is 6. The highest BCUT2D eigenvalue weighted by Gasteiger charge is 2.22. The van der Waals surface area contributed by atoms with Gasteiger partial charge in [0.25, 0.3) is 5.91 Å². The minimum atomic E-state index is -0.146. The van der Waals surface area contributed by atoms with Crippen molar-refractivity contribution in [2.75, 3.05) is 58.3 Å². The number of para-hydroxylation sites is 3. The van der Waals surface area contributed by atoms with Gasteiger partial charge in [-0.1, -0.05) is 48.5 Å². The Labute approximate surface area is 229 Å². The summed E-state index contributed by atoms with van der Waals surface area (Å²) in [6, 6.07) is 22.9. The largest absolute Gasteiger partial charge is 0.495 e. The molecule has 0 unspecified atom stereocenters. The van der Waals surface area contributed by atoms with Crippen LogP contribution in [-0.2, 0) is 0 Å². The van der Waals surface area contributed by atoms with E-state index in [4.69, 9.17) is 9.15 Å². The molecule has 5 rings (SSSR count). The standard InChI is InChI=1S/C32H35N3O4/c1-23-29(36)25-13-9-14-26(31(25)39-30(23)24-11-5-4-6-12-24)32(37)33(2)17-10-18-34-19-21-35(22-20-34)27-15-7-8-16-28(27)38-3/h4-9,11-16H,10,17-22H2,1-3H3. The topological polar surface area (TPSA) is 66.2 Å². The van der Waals surface area contributed by atoms with E-state index in [9.17, 15) is 9.59 Å². The minimum Gasteiger partial charge on any atom is -0.495 e. The molecule has 0 radical (unpaired) electrons. The van der Waals surface area contributed by atoms with Crippen molar-refractivity contribution in [2.24, 2.45) is 0 Å². The smallest absolute Gasteiger partial charge is 0.257 e. The Morgan fingerprint density at radius 2 is 1.67 bits per heavy atom. The molecular formula is C32H35N3O4. The summed E-state index contributed by atoms with van der Waals surface area (Å²) in [6.45, 7) is 7.10. The second-order valence-corrected chi connectivity index (χ2v) is 10.0. The Hall–Kier alpha value is -4.10. The van der Waals surface area contributed by atoms with Gasteiger partial charge in [-0.3, -0.25) is 14.5 Å². The summed E-state index contributed by atoms with van der Waals surface area (Å²) in [5.41, 5.74) is 3.14. The van der Waals surface area contributed by atoms with Crippen molar-refractivity contribution in [3.8, 4) is 17.1 Å². The number of benzene rings is 3. The van der Waals surface area contributed by atoms with Gasteiger partial charge in [0.2, 0.25) is 0 Å². The maximum absolute atomic E-state index is 13.5. The molecule has 1 amide bonds. The Morgan fingerprint density at radius 3 is 2.41 bits per heavy atom. The number of fused-ring (bicyclic) bond motifs is 1. The number of carbonyl (C=O) groups excluding carboxylic acids is 1. The highest BCUT2D eigenvalue weighted by atomic mass is 16.5. The average molecular weight is 526 g/mol. The van der Waals surface area contributed by atoms with Crippen LogP contribution < -0.4 is 15.1 Å². The predicted molar refractivity (Wildman–Crippen MR) is 156 cm³/mol. The van der Waals surface area contributed by atoms with Gasteiger partial charge in [-0.2, -0.15) is 0 Å². The van der Waals surface area contributed by atoms with Crippen molar-refractivity contribution in [3.05, 3.63) is 94.1 Å². The number of anilines is 1. The molecule has 1 aliphatic heterocycles. The van der Waals surface area contributed by atoms with Crippen LogP contribution in [0, 0.1) is 6.92 Å². The quantitative estimate of drug-likeness (QED) is 0.320. The van der Waals surface area contributed by atoms with Gasteiger partial charge in [0.1, 0.15) is 11.5 Å². The number of piperazine rings is 1. The van der Waals surface area contributed by atoms with Crippen LogP contribution in [0.3, 0.4) is 0 Å². The molecule has 0 spiro atoms. The number of rotatable bonds is 8. The minimum absolute atomic E-state index is 0.111. The van der Waals surface area contributed by atoms with Gasteiger partial charge in [0.15, 0.2) is 11.0 Å². The zero-order chi connectivity index (χ0) is 27.4. The van der Waals surface area contributed by atoms with E-state index in [1.165, 1.54) is 0 Å². The van der Waals surface area contributed by atoms with Gasteiger partial charge in [-0.05, 0) is 44.2 Å². The summed E-state index contributed by atoms with van der Waals surface area (Å²) < 4.78 is 11.8. The van der Waals surface area contributed by atoms with Crippen LogP contribution in [0.15, 0.2) is 82.0 Å². The van der Waals surface area contributed by atoms with Gasteiger partial charge in [0.05, 0.1) is 23.7 Å². The zero-order valence-electron chi connectivity index (χ0n) is 22.9. The predicted octanol–water partition coefficient (Wildman–Crippen LogP) is 5.06. The maximum Gasteiger partial charge on any atom is 0.257 e. The molecule has 0 saturated carbocycles. The van der Waals surface area contributed by atoms with E-state index in [0.717, 1.165) is 56.1 Å². The summed E-state index contributed by atoms with van der Waals surface area (Å²) in [6.07, 6.45) is 0.861. The van der Waals surface area contributed by atoms with E-state index in [1.807, 2.05) is 55.6 Å². The second kappa shape index (κ2) is 11.7. The molecule has 3 aromatic carbocycles. The number of amides is 1. The van der Waals surface area contributed by atoms with Crippen molar-refractivity contribution in [1.29, 1.82) is 0 Å². The van der Waals surface area contributed by atoms with Crippen LogP contribution in [0.25, 0.3) is 22.3 Å². The number of ether oxygens (including phenoxy) is 1. The van der Waals surface area contributed by atoms with Crippen LogP contribution in [0.5, 0.6) is 5.75 Å². The van der Waals surface area contributed by atoms with Crippen molar-refractivity contribution in [3.63, 3.8) is 0 Å². The molecule has 1 aromatic heterocycles. The van der Waals surface area contributed by atoms with Crippen LogP contribution >= 0.6 is 0 Å². The number of hydrogen-bond donors (Lipinski definition) is 0. The average Bonchev–Trinajstić information content (AvgIpc) is 2.99. The third kappa shape index (κ3) is 5.54. The van der Waals surface area contributed by atoms with E-state index >= 15 is 0 Å². The van der Waals surface area contributed by atoms with Crippen molar-refractivity contribution in [2.45, 2.75) is 13.3 Å². The lowest BCUT2D eigenvalue weighted by Gasteiger charge is -2.36. The van der Waals surface area contributed by atoms with Gasteiger partial charge < -0.3 is 19.0 Å². The fraction of sp³-hybridized carbons (Fsp3) is 0.312. The molecule has 1 saturated heterocycles. The summed E-state index contributed by atoms with van der Waals surface area (Å²) in [7, 11) is 3.52. The first kappa shape index (κ1) is 26.5. The highest BCUT2D eigenvalue weighted by molar-refractivity contribution is 6.05. The van der Waals surface area contributed by atoms with Crippen LogP contribution in [0.1, 0.15) is 22.3 Å². The SMILES string of the molecule is COc1ccccc1N1CCN(CCCN(C)C(=O)c2cccc3c(=O)c(C)c(-c4ccccc4)oc23)CC1.